The second kappa shape index (κ2) is 6.81. The van der Waals surface area contributed by atoms with Gasteiger partial charge < -0.3 is 4.74 Å². The highest BCUT2D eigenvalue weighted by Crippen LogP contribution is 2.24. The van der Waals surface area contributed by atoms with Crippen molar-refractivity contribution in [3.63, 3.8) is 0 Å². The topological polar surface area (TPSA) is 55.4 Å². The quantitative estimate of drug-likeness (QED) is 0.858. The number of hydrogen-bond donors (Lipinski definition) is 1. The largest absolute Gasteiger partial charge is 0.497 e. The van der Waals surface area contributed by atoms with Crippen molar-refractivity contribution in [2.75, 3.05) is 7.11 Å². The van der Waals surface area contributed by atoms with Crippen molar-refractivity contribution in [2.45, 2.75) is 25.3 Å². The average molecular weight is 384 g/mol. The molecule has 0 aliphatic carbocycles. The normalized spacial score (nSPS) is 11.5. The molecule has 2 aromatic carbocycles. The van der Waals surface area contributed by atoms with Gasteiger partial charge in [-0.05, 0) is 54.8 Å². The number of benzene rings is 2. The summed E-state index contributed by atoms with van der Waals surface area (Å²) in [6.45, 7) is 3.82. The minimum Gasteiger partial charge on any atom is -0.497 e. The first-order valence-corrected chi connectivity index (χ1v) is 9.00. The highest BCUT2D eigenvalue weighted by molar-refractivity contribution is 9.10. The molecular weight excluding hydrogens is 366 g/mol. The van der Waals surface area contributed by atoms with Gasteiger partial charge in [0.25, 0.3) is 0 Å². The predicted octanol–water partition coefficient (Wildman–Crippen LogP) is 3.55. The monoisotopic (exact) mass is 383 g/mol. The fourth-order valence-corrected chi connectivity index (χ4v) is 4.47. The van der Waals surface area contributed by atoms with E-state index in [-0.39, 0.29) is 6.54 Å². The van der Waals surface area contributed by atoms with Gasteiger partial charge in [-0.25, -0.2) is 13.1 Å². The summed E-state index contributed by atoms with van der Waals surface area (Å²) in [4.78, 5) is 0.337. The molecule has 0 saturated carbocycles. The first-order chi connectivity index (χ1) is 10.3. The molecule has 0 heterocycles. The van der Waals surface area contributed by atoms with Crippen molar-refractivity contribution in [3.05, 3.63) is 57.6 Å². The van der Waals surface area contributed by atoms with Gasteiger partial charge >= 0.3 is 0 Å². The van der Waals surface area contributed by atoms with E-state index in [0.29, 0.717) is 16.0 Å². The SMILES string of the molecule is COc1ccc(CNS(=O)(=O)c2c(C)cc(Br)cc2C)cc1. The number of sulfonamides is 1. The van der Waals surface area contributed by atoms with E-state index in [1.54, 1.807) is 45.2 Å². The lowest BCUT2D eigenvalue weighted by Crippen LogP contribution is -2.24. The minimum atomic E-state index is -3.55. The van der Waals surface area contributed by atoms with E-state index in [0.717, 1.165) is 15.8 Å². The first-order valence-electron chi connectivity index (χ1n) is 6.73. The van der Waals surface area contributed by atoms with Crippen molar-refractivity contribution < 1.29 is 13.2 Å². The van der Waals surface area contributed by atoms with Crippen LogP contribution in [0.1, 0.15) is 16.7 Å². The lowest BCUT2D eigenvalue weighted by Gasteiger charge is -2.13. The lowest BCUT2D eigenvalue weighted by molar-refractivity contribution is 0.414. The summed E-state index contributed by atoms with van der Waals surface area (Å²) in [5.74, 6) is 0.742. The van der Waals surface area contributed by atoms with Gasteiger partial charge in [-0.3, -0.25) is 0 Å². The Labute approximate surface area is 139 Å². The molecule has 22 heavy (non-hydrogen) atoms. The van der Waals surface area contributed by atoms with Crippen LogP contribution in [0.5, 0.6) is 5.75 Å². The molecule has 0 aliphatic heterocycles. The summed E-state index contributed by atoms with van der Waals surface area (Å²) in [5.41, 5.74) is 2.31. The highest BCUT2D eigenvalue weighted by Gasteiger charge is 2.19. The van der Waals surface area contributed by atoms with Gasteiger partial charge in [0, 0.05) is 11.0 Å². The molecule has 0 unspecified atom stereocenters. The molecule has 0 atom stereocenters. The smallest absolute Gasteiger partial charge is 0.241 e. The number of rotatable bonds is 5. The third-order valence-corrected chi connectivity index (χ3v) is 5.48. The zero-order valence-electron chi connectivity index (χ0n) is 12.7. The zero-order valence-corrected chi connectivity index (χ0v) is 15.1. The van der Waals surface area contributed by atoms with Crippen LogP contribution in [0.2, 0.25) is 0 Å². The fraction of sp³-hybridized carbons (Fsp3) is 0.250. The number of halogens is 1. The Balaban J connectivity index is 2.21. The number of methoxy groups -OCH3 is 1. The molecule has 4 nitrogen and oxygen atoms in total. The van der Waals surface area contributed by atoms with Crippen molar-refractivity contribution in [2.24, 2.45) is 0 Å². The Kier molecular flexibility index (Phi) is 5.26. The second-order valence-electron chi connectivity index (χ2n) is 5.04. The Morgan fingerprint density at radius 2 is 1.64 bits per heavy atom. The van der Waals surface area contributed by atoms with Gasteiger partial charge in [0.1, 0.15) is 5.75 Å². The van der Waals surface area contributed by atoms with Crippen LogP contribution in [-0.2, 0) is 16.6 Å². The average Bonchev–Trinajstić information content (AvgIpc) is 2.44. The van der Waals surface area contributed by atoms with Gasteiger partial charge in [-0.1, -0.05) is 28.1 Å². The van der Waals surface area contributed by atoms with Crippen LogP contribution in [0.15, 0.2) is 45.8 Å². The molecule has 2 rings (SSSR count). The van der Waals surface area contributed by atoms with Crippen molar-refractivity contribution in [3.8, 4) is 5.75 Å². The number of ether oxygens (including phenoxy) is 1. The summed E-state index contributed by atoms with van der Waals surface area (Å²) in [5, 5.41) is 0. The van der Waals surface area contributed by atoms with Crippen LogP contribution in [0.3, 0.4) is 0 Å². The Hall–Kier alpha value is -1.37. The van der Waals surface area contributed by atoms with E-state index in [2.05, 4.69) is 20.7 Å². The van der Waals surface area contributed by atoms with E-state index < -0.39 is 10.0 Å². The molecule has 0 radical (unpaired) electrons. The fourth-order valence-electron chi connectivity index (χ4n) is 2.32. The maximum Gasteiger partial charge on any atom is 0.241 e. The van der Waals surface area contributed by atoms with E-state index in [1.165, 1.54) is 0 Å². The van der Waals surface area contributed by atoms with Gasteiger partial charge in [-0.2, -0.15) is 0 Å². The summed E-state index contributed by atoms with van der Waals surface area (Å²) >= 11 is 3.38. The standard InChI is InChI=1S/C16H18BrNO3S/c1-11-8-14(17)9-12(2)16(11)22(19,20)18-10-13-4-6-15(21-3)7-5-13/h4-9,18H,10H2,1-3H3. The molecule has 118 valence electrons. The van der Waals surface area contributed by atoms with Gasteiger partial charge in [-0.15, -0.1) is 0 Å². The number of hydrogen-bond acceptors (Lipinski definition) is 3. The van der Waals surface area contributed by atoms with Gasteiger partial charge in [0.15, 0.2) is 0 Å². The second-order valence-corrected chi connectivity index (χ2v) is 7.66. The number of nitrogens with one attached hydrogen (secondary N) is 1. The van der Waals surface area contributed by atoms with Gasteiger partial charge in [0.2, 0.25) is 10.0 Å². The molecule has 0 aliphatic rings. The molecule has 6 heteroatoms. The summed E-state index contributed by atoms with van der Waals surface area (Å²) < 4.78 is 33.7. The first kappa shape index (κ1) is 17.0. The van der Waals surface area contributed by atoms with Crippen LogP contribution in [0.25, 0.3) is 0 Å². The van der Waals surface area contributed by atoms with E-state index in [9.17, 15) is 8.42 Å². The van der Waals surface area contributed by atoms with E-state index in [1.807, 2.05) is 12.1 Å². The number of aryl methyl sites for hydroxylation is 2. The molecule has 0 spiro atoms. The van der Waals surface area contributed by atoms with Crippen LogP contribution in [0.4, 0.5) is 0 Å². The third kappa shape index (κ3) is 3.88. The zero-order chi connectivity index (χ0) is 16.3. The summed E-state index contributed by atoms with van der Waals surface area (Å²) in [6, 6.07) is 10.9. The summed E-state index contributed by atoms with van der Waals surface area (Å²) in [6.07, 6.45) is 0. The van der Waals surface area contributed by atoms with Crippen molar-refractivity contribution in [1.29, 1.82) is 0 Å². The molecule has 0 saturated heterocycles. The lowest BCUT2D eigenvalue weighted by atomic mass is 10.2. The highest BCUT2D eigenvalue weighted by atomic mass is 79.9. The van der Waals surface area contributed by atoms with Crippen LogP contribution in [-0.4, -0.2) is 15.5 Å². The van der Waals surface area contributed by atoms with Crippen LogP contribution >= 0.6 is 15.9 Å². The molecule has 0 aromatic heterocycles. The van der Waals surface area contributed by atoms with Gasteiger partial charge in [0.05, 0.1) is 12.0 Å². The molecule has 0 amide bonds. The predicted molar refractivity (Wildman–Crippen MR) is 90.6 cm³/mol. The van der Waals surface area contributed by atoms with Crippen molar-refractivity contribution in [1.82, 2.24) is 4.72 Å². The Bertz CT molecular complexity index is 747. The van der Waals surface area contributed by atoms with Crippen molar-refractivity contribution >= 4 is 26.0 Å². The Morgan fingerprint density at radius 1 is 1.09 bits per heavy atom. The molecule has 0 fully saturated rings. The van der Waals surface area contributed by atoms with Crippen LogP contribution in [0, 0.1) is 13.8 Å². The maximum absolute atomic E-state index is 12.5. The molecule has 2 aromatic rings. The van der Waals surface area contributed by atoms with E-state index in [4.69, 9.17) is 4.74 Å². The minimum absolute atomic E-state index is 0.237. The third-order valence-electron chi connectivity index (χ3n) is 3.32. The summed E-state index contributed by atoms with van der Waals surface area (Å²) in [7, 11) is -1.96. The molecule has 1 N–H and O–H groups in total. The Morgan fingerprint density at radius 3 is 2.14 bits per heavy atom. The van der Waals surface area contributed by atoms with Crippen LogP contribution < -0.4 is 9.46 Å². The molecule has 0 bridgehead atoms. The maximum atomic E-state index is 12.5. The molecular formula is C16H18BrNO3S. The van der Waals surface area contributed by atoms with E-state index >= 15 is 0 Å².